The molecule has 0 saturated carbocycles. The number of aliphatic hydroxyl groups excluding tert-OH is 3. The summed E-state index contributed by atoms with van der Waals surface area (Å²) in [6, 6.07) is 17.1. The number of rotatable bonds is 5. The third kappa shape index (κ3) is 2.69. The molecule has 0 amide bonds. The van der Waals surface area contributed by atoms with Crippen molar-refractivity contribution in [2.75, 3.05) is 6.61 Å². The quantitative estimate of drug-likeness (QED) is 0.708. The third-order valence-electron chi connectivity index (χ3n) is 3.18. The highest BCUT2D eigenvalue weighted by Gasteiger charge is 2.39. The lowest BCUT2D eigenvalue weighted by molar-refractivity contribution is 0.0241. The summed E-state index contributed by atoms with van der Waals surface area (Å²) in [6.45, 7) is -0.648. The predicted molar refractivity (Wildman–Crippen MR) is 78.9 cm³/mol. The molecule has 106 valence electrons. The first-order valence-electron chi connectivity index (χ1n) is 6.28. The van der Waals surface area contributed by atoms with Crippen LogP contribution in [-0.2, 0) is 4.57 Å². The van der Waals surface area contributed by atoms with Crippen molar-refractivity contribution in [3.8, 4) is 0 Å². The van der Waals surface area contributed by atoms with Crippen LogP contribution in [0.15, 0.2) is 60.7 Å². The van der Waals surface area contributed by atoms with E-state index in [-0.39, 0.29) is 0 Å². The number of hydrogen-bond acceptors (Lipinski definition) is 4. The van der Waals surface area contributed by atoms with Crippen LogP contribution in [0, 0.1) is 0 Å². The lowest BCUT2D eigenvalue weighted by atomic mass is 10.4. The van der Waals surface area contributed by atoms with Gasteiger partial charge in [-0.15, -0.1) is 0 Å². The van der Waals surface area contributed by atoms with Crippen molar-refractivity contribution in [1.82, 2.24) is 0 Å². The average molecular weight is 292 g/mol. The highest BCUT2D eigenvalue weighted by atomic mass is 31.2. The predicted octanol–water partition coefficient (Wildman–Crippen LogP) is 0.672. The van der Waals surface area contributed by atoms with Crippen LogP contribution < -0.4 is 10.6 Å². The minimum atomic E-state index is -3.44. The van der Waals surface area contributed by atoms with Gasteiger partial charge in [-0.1, -0.05) is 60.7 Å². The zero-order valence-electron chi connectivity index (χ0n) is 10.8. The van der Waals surface area contributed by atoms with E-state index < -0.39 is 25.7 Å². The summed E-state index contributed by atoms with van der Waals surface area (Å²) >= 11 is 0. The van der Waals surface area contributed by atoms with E-state index in [2.05, 4.69) is 0 Å². The fraction of sp³-hybridized carbons (Fsp3) is 0.200. The first-order chi connectivity index (χ1) is 9.60. The Morgan fingerprint density at radius 2 is 1.25 bits per heavy atom. The number of hydrogen-bond donors (Lipinski definition) is 3. The van der Waals surface area contributed by atoms with E-state index in [0.717, 1.165) is 0 Å². The molecule has 0 aliphatic heterocycles. The number of benzene rings is 2. The molecule has 5 heteroatoms. The van der Waals surface area contributed by atoms with Gasteiger partial charge in [-0.25, -0.2) is 0 Å². The molecule has 2 aromatic rings. The van der Waals surface area contributed by atoms with Crippen LogP contribution in [0.3, 0.4) is 0 Å². The molecule has 3 N–H and O–H groups in total. The lowest BCUT2D eigenvalue weighted by Crippen LogP contribution is -2.36. The van der Waals surface area contributed by atoms with Gasteiger partial charge in [0.15, 0.2) is 7.14 Å². The SMILES string of the molecule is O=P(c1ccccc1)(c1ccccc1)C(O)C(O)CO. The van der Waals surface area contributed by atoms with Crippen LogP contribution in [-0.4, -0.2) is 33.9 Å². The van der Waals surface area contributed by atoms with Crippen LogP contribution in [0.1, 0.15) is 0 Å². The van der Waals surface area contributed by atoms with E-state index in [1.165, 1.54) is 0 Å². The van der Waals surface area contributed by atoms with E-state index in [1.807, 2.05) is 0 Å². The lowest BCUT2D eigenvalue weighted by Gasteiger charge is -2.27. The molecule has 0 fully saturated rings. The van der Waals surface area contributed by atoms with Gasteiger partial charge in [0.05, 0.1) is 6.61 Å². The summed E-state index contributed by atoms with van der Waals surface area (Å²) in [5, 5.41) is 29.9. The Labute approximate surface area is 117 Å². The molecule has 4 nitrogen and oxygen atoms in total. The van der Waals surface area contributed by atoms with Crippen LogP contribution in [0.25, 0.3) is 0 Å². The molecule has 20 heavy (non-hydrogen) atoms. The molecular formula is C15H17O4P. The minimum Gasteiger partial charge on any atom is -0.394 e. The first-order valence-corrected chi connectivity index (χ1v) is 8.06. The van der Waals surface area contributed by atoms with Crippen LogP contribution >= 0.6 is 7.14 Å². The second kappa shape index (κ2) is 6.33. The molecule has 0 saturated heterocycles. The monoisotopic (exact) mass is 292 g/mol. The Morgan fingerprint density at radius 1 is 0.850 bits per heavy atom. The maximum Gasteiger partial charge on any atom is 0.172 e. The average Bonchev–Trinajstić information content (AvgIpc) is 2.54. The Hall–Kier alpha value is -1.45. The Bertz CT molecular complexity index is 542. The number of aliphatic hydroxyl groups is 3. The van der Waals surface area contributed by atoms with E-state index in [4.69, 9.17) is 5.11 Å². The molecule has 0 bridgehead atoms. The smallest absolute Gasteiger partial charge is 0.172 e. The van der Waals surface area contributed by atoms with Gasteiger partial charge in [0.2, 0.25) is 0 Å². The largest absolute Gasteiger partial charge is 0.394 e. The van der Waals surface area contributed by atoms with Gasteiger partial charge in [-0.2, -0.15) is 0 Å². The van der Waals surface area contributed by atoms with Crippen LogP contribution in [0.4, 0.5) is 0 Å². The molecule has 2 unspecified atom stereocenters. The van der Waals surface area contributed by atoms with Gasteiger partial charge < -0.3 is 19.9 Å². The zero-order chi connectivity index (χ0) is 14.6. The summed E-state index contributed by atoms with van der Waals surface area (Å²) in [6.07, 6.45) is -1.46. The summed E-state index contributed by atoms with van der Waals surface area (Å²) in [4.78, 5) is 0. The van der Waals surface area contributed by atoms with Crippen molar-refractivity contribution >= 4 is 17.8 Å². The molecule has 2 aromatic carbocycles. The Kier molecular flexibility index (Phi) is 4.73. The van der Waals surface area contributed by atoms with Crippen molar-refractivity contribution in [2.24, 2.45) is 0 Å². The fourth-order valence-corrected chi connectivity index (χ4v) is 4.81. The standard InChI is InChI=1S/C15H17O4P/c16-11-14(17)15(18)20(19,12-7-3-1-4-8-12)13-9-5-2-6-10-13/h1-10,14-18H,11H2. The molecule has 0 aliphatic rings. The fourth-order valence-electron chi connectivity index (χ4n) is 2.09. The molecule has 0 aromatic heterocycles. The molecule has 0 spiro atoms. The van der Waals surface area contributed by atoms with Crippen LogP contribution in [0.2, 0.25) is 0 Å². The Balaban J connectivity index is 2.58. The highest BCUT2D eigenvalue weighted by molar-refractivity contribution is 7.79. The van der Waals surface area contributed by atoms with Gasteiger partial charge in [-0.3, -0.25) is 0 Å². The van der Waals surface area contributed by atoms with E-state index >= 15 is 0 Å². The van der Waals surface area contributed by atoms with E-state index in [9.17, 15) is 14.8 Å². The van der Waals surface area contributed by atoms with Crippen LogP contribution in [0.5, 0.6) is 0 Å². The second-order valence-corrected chi connectivity index (χ2v) is 7.37. The van der Waals surface area contributed by atoms with Crippen molar-refractivity contribution in [2.45, 2.75) is 11.9 Å². The van der Waals surface area contributed by atoms with E-state index in [1.54, 1.807) is 60.7 Å². The minimum absolute atomic E-state index is 0.450. The topological polar surface area (TPSA) is 77.8 Å². The third-order valence-corrected chi connectivity index (χ3v) is 6.40. The van der Waals surface area contributed by atoms with Crippen molar-refractivity contribution in [3.63, 3.8) is 0 Å². The molecule has 0 aliphatic carbocycles. The maximum atomic E-state index is 13.4. The molecule has 2 atom stereocenters. The van der Waals surface area contributed by atoms with Gasteiger partial charge in [0, 0.05) is 10.6 Å². The zero-order valence-corrected chi connectivity index (χ0v) is 11.7. The maximum absolute atomic E-state index is 13.4. The summed E-state index contributed by atoms with van der Waals surface area (Å²) in [5.74, 6) is -1.54. The van der Waals surface area contributed by atoms with Gasteiger partial charge >= 0.3 is 0 Å². The molecular weight excluding hydrogens is 275 g/mol. The molecule has 0 radical (unpaired) electrons. The first kappa shape index (κ1) is 14.9. The van der Waals surface area contributed by atoms with Gasteiger partial charge in [-0.05, 0) is 0 Å². The van der Waals surface area contributed by atoms with Gasteiger partial charge in [0.25, 0.3) is 0 Å². The summed E-state index contributed by atoms with van der Waals surface area (Å²) in [5.41, 5.74) is 0. The molecule has 0 heterocycles. The highest BCUT2D eigenvalue weighted by Crippen LogP contribution is 2.48. The van der Waals surface area contributed by atoms with Crippen molar-refractivity contribution in [1.29, 1.82) is 0 Å². The summed E-state index contributed by atoms with van der Waals surface area (Å²) in [7, 11) is -3.44. The van der Waals surface area contributed by atoms with E-state index in [0.29, 0.717) is 10.6 Å². The second-order valence-electron chi connectivity index (χ2n) is 4.49. The normalized spacial score (nSPS) is 14.8. The van der Waals surface area contributed by atoms with Crippen molar-refractivity contribution < 1.29 is 19.9 Å². The van der Waals surface area contributed by atoms with Crippen molar-refractivity contribution in [3.05, 3.63) is 60.7 Å². The Morgan fingerprint density at radius 3 is 1.60 bits per heavy atom. The van der Waals surface area contributed by atoms with Gasteiger partial charge in [0.1, 0.15) is 11.9 Å². The summed E-state index contributed by atoms with van der Waals surface area (Å²) < 4.78 is 13.4. The molecule has 2 rings (SSSR count).